The highest BCUT2D eigenvalue weighted by molar-refractivity contribution is 5.92. The highest BCUT2D eigenvalue weighted by Crippen LogP contribution is 2.69. The van der Waals surface area contributed by atoms with Crippen LogP contribution < -0.4 is 0 Å². The third-order valence-electron chi connectivity index (χ3n) is 21.8. The molecular formula is C58H94O2. The summed E-state index contributed by atoms with van der Waals surface area (Å²) >= 11 is 0. The number of carbonyl (C=O) groups excluding carboxylic acids is 2. The zero-order valence-corrected chi connectivity index (χ0v) is 41.4. The highest BCUT2D eigenvalue weighted by Gasteiger charge is 2.61. The number of hydrogen-bond donors (Lipinski definition) is 0. The lowest BCUT2D eigenvalue weighted by molar-refractivity contribution is -0.118. The van der Waals surface area contributed by atoms with Gasteiger partial charge in [0.05, 0.1) is 0 Å². The van der Waals surface area contributed by atoms with Gasteiger partial charge in [-0.2, -0.15) is 0 Å². The van der Waals surface area contributed by atoms with Crippen LogP contribution in [0.15, 0.2) is 35.5 Å². The molecule has 0 unspecified atom stereocenters. The molecule has 0 aromatic heterocycles. The van der Waals surface area contributed by atoms with Crippen molar-refractivity contribution in [3.63, 3.8) is 0 Å². The topological polar surface area (TPSA) is 34.1 Å². The molecule has 8 aliphatic carbocycles. The first-order valence-electron chi connectivity index (χ1n) is 26.6. The Balaban J connectivity index is 0.000000181. The van der Waals surface area contributed by atoms with Gasteiger partial charge in [-0.25, -0.2) is 0 Å². The molecule has 338 valence electrons. The molecule has 0 heterocycles. The molecular weight excluding hydrogens is 729 g/mol. The number of fused-ring (bicyclic) bond motifs is 10. The third-order valence-corrected chi connectivity index (χ3v) is 21.8. The second-order valence-electron chi connectivity index (χ2n) is 24.9. The Kier molecular flexibility index (Phi) is 14.1. The van der Waals surface area contributed by atoms with Gasteiger partial charge < -0.3 is 0 Å². The van der Waals surface area contributed by atoms with E-state index in [4.69, 9.17) is 0 Å². The van der Waals surface area contributed by atoms with Gasteiger partial charge in [0, 0.05) is 12.8 Å². The summed E-state index contributed by atoms with van der Waals surface area (Å²) in [5.41, 5.74) is 4.76. The maximum atomic E-state index is 12.1. The summed E-state index contributed by atoms with van der Waals surface area (Å²) in [6.07, 6.45) is 35.0. The first-order valence-corrected chi connectivity index (χ1v) is 26.6. The number of rotatable bonds is 11. The van der Waals surface area contributed by atoms with Crippen LogP contribution in [0.25, 0.3) is 0 Å². The van der Waals surface area contributed by atoms with E-state index in [1.807, 2.05) is 0 Å². The predicted molar refractivity (Wildman–Crippen MR) is 254 cm³/mol. The van der Waals surface area contributed by atoms with Gasteiger partial charge in [-0.15, -0.1) is 0 Å². The van der Waals surface area contributed by atoms with Crippen molar-refractivity contribution in [3.8, 4) is 0 Å². The average molecular weight is 823 g/mol. The molecule has 8 aliphatic rings. The number of carbonyl (C=O) groups is 2. The normalized spacial score (nSPS) is 43.0. The van der Waals surface area contributed by atoms with Gasteiger partial charge in [0.15, 0.2) is 11.6 Å². The van der Waals surface area contributed by atoms with Gasteiger partial charge in [0.2, 0.25) is 0 Å². The van der Waals surface area contributed by atoms with Crippen LogP contribution in [0.2, 0.25) is 0 Å². The van der Waals surface area contributed by atoms with E-state index < -0.39 is 0 Å². The van der Waals surface area contributed by atoms with Crippen LogP contribution in [0.3, 0.4) is 0 Å². The Morgan fingerprint density at radius 1 is 0.550 bits per heavy atom. The van der Waals surface area contributed by atoms with Gasteiger partial charge in [0.1, 0.15) is 0 Å². The van der Waals surface area contributed by atoms with Crippen molar-refractivity contribution in [2.24, 2.45) is 105 Å². The van der Waals surface area contributed by atoms with E-state index in [2.05, 4.69) is 107 Å². The van der Waals surface area contributed by atoms with Crippen LogP contribution in [0.1, 0.15) is 212 Å². The van der Waals surface area contributed by atoms with Gasteiger partial charge >= 0.3 is 0 Å². The zero-order chi connectivity index (χ0) is 43.4. The molecule has 2 nitrogen and oxygen atoms in total. The Hall–Kier alpha value is -1.44. The fraction of sp³-hybridized carbons (Fsp3) is 0.862. The van der Waals surface area contributed by atoms with Crippen molar-refractivity contribution in [1.29, 1.82) is 0 Å². The number of ketones is 2. The minimum absolute atomic E-state index is 0.313. The SMILES string of the molecule is CC[C@@H](CC[C@H](C)[C@H]1CC[C@@H]2[C@H]3CCC4=CC(=O)CC[C@]4(C)[C@@H]3CC[C@@]21C)C(C)C.CC[C@H](/C=C/[C@@H](C)[C@H]1CC[C@H]2[C@@H]3CCC4=CC(=O)CC[C@]4(C)[C@H]3CC[C@]12C)C(C)C. The molecule has 0 bridgehead atoms. The van der Waals surface area contributed by atoms with Crippen molar-refractivity contribution < 1.29 is 9.59 Å². The van der Waals surface area contributed by atoms with E-state index in [9.17, 15) is 9.59 Å². The van der Waals surface area contributed by atoms with E-state index in [1.165, 1.54) is 114 Å². The molecule has 2 heteroatoms. The summed E-state index contributed by atoms with van der Waals surface area (Å²) in [5, 5.41) is 0. The van der Waals surface area contributed by atoms with Crippen molar-refractivity contribution in [2.75, 3.05) is 0 Å². The monoisotopic (exact) mass is 823 g/mol. The van der Waals surface area contributed by atoms with E-state index in [1.54, 1.807) is 0 Å². The van der Waals surface area contributed by atoms with Crippen molar-refractivity contribution >= 4 is 11.6 Å². The van der Waals surface area contributed by atoms with Gasteiger partial charge in [-0.05, 0) is 219 Å². The molecule has 0 aliphatic heterocycles. The quantitative estimate of drug-likeness (QED) is 0.195. The molecule has 8 rings (SSSR count). The summed E-state index contributed by atoms with van der Waals surface area (Å²) < 4.78 is 0. The summed E-state index contributed by atoms with van der Waals surface area (Å²) in [5.74, 6) is 12.6. The van der Waals surface area contributed by atoms with Crippen LogP contribution in [0, 0.1) is 105 Å². The maximum absolute atomic E-state index is 12.1. The second kappa shape index (κ2) is 18.2. The molecule has 0 saturated heterocycles. The summed E-state index contributed by atoms with van der Waals surface area (Å²) in [6.45, 7) is 29.8. The lowest BCUT2D eigenvalue weighted by Gasteiger charge is -2.58. The van der Waals surface area contributed by atoms with Crippen LogP contribution >= 0.6 is 0 Å². The minimum Gasteiger partial charge on any atom is -0.295 e. The lowest BCUT2D eigenvalue weighted by Crippen LogP contribution is -2.51. The third kappa shape index (κ3) is 8.35. The Morgan fingerprint density at radius 2 is 1.05 bits per heavy atom. The standard InChI is InChI=1S/C29H48O.C29H46O/c2*1-7-21(19(2)3)9-8-20(4)25-12-13-26-24-11-10-22-18-23(30)14-16-28(22,5)27(24)15-17-29(25,26)6/h18-21,24-27H,7-17H2,1-6H3;8-9,18-21,24-27H,7,10-17H2,1-6H3/b;9-8+/t20-,21-,24+,25+,26+,27+,28-,29+;20-,21-,24+,25-,26+,27+,28+,29-/m01/s1. The molecule has 0 aromatic rings. The molecule has 0 aromatic carbocycles. The molecule has 60 heavy (non-hydrogen) atoms. The summed E-state index contributed by atoms with van der Waals surface area (Å²) in [6, 6.07) is 0. The lowest BCUT2D eigenvalue weighted by atomic mass is 9.46. The van der Waals surface area contributed by atoms with Gasteiger partial charge in [-0.3, -0.25) is 9.59 Å². The maximum Gasteiger partial charge on any atom is 0.155 e. The number of hydrogen-bond acceptors (Lipinski definition) is 2. The molecule has 0 amide bonds. The van der Waals surface area contributed by atoms with Crippen LogP contribution in [0.4, 0.5) is 0 Å². The van der Waals surface area contributed by atoms with Gasteiger partial charge in [-0.1, -0.05) is 119 Å². The largest absolute Gasteiger partial charge is 0.295 e. The van der Waals surface area contributed by atoms with E-state index in [0.717, 1.165) is 103 Å². The summed E-state index contributed by atoms with van der Waals surface area (Å²) in [4.78, 5) is 24.1. The molecule has 0 spiro atoms. The zero-order valence-electron chi connectivity index (χ0n) is 41.4. The first-order chi connectivity index (χ1) is 28.4. The van der Waals surface area contributed by atoms with Crippen molar-refractivity contribution in [3.05, 3.63) is 35.5 Å². The van der Waals surface area contributed by atoms with Gasteiger partial charge in [0.25, 0.3) is 0 Å². The minimum atomic E-state index is 0.313. The Morgan fingerprint density at radius 3 is 1.52 bits per heavy atom. The van der Waals surface area contributed by atoms with Crippen LogP contribution in [0.5, 0.6) is 0 Å². The molecule has 6 fully saturated rings. The Bertz CT molecular complexity index is 1630. The highest BCUT2D eigenvalue weighted by atomic mass is 16.1. The van der Waals surface area contributed by atoms with E-state index >= 15 is 0 Å². The van der Waals surface area contributed by atoms with Crippen LogP contribution in [-0.4, -0.2) is 11.6 Å². The summed E-state index contributed by atoms with van der Waals surface area (Å²) in [7, 11) is 0. The molecule has 0 radical (unpaired) electrons. The molecule has 6 saturated carbocycles. The molecule has 0 N–H and O–H groups in total. The Labute approximate surface area is 371 Å². The van der Waals surface area contributed by atoms with Crippen LogP contribution in [-0.2, 0) is 9.59 Å². The van der Waals surface area contributed by atoms with Crippen molar-refractivity contribution in [1.82, 2.24) is 0 Å². The smallest absolute Gasteiger partial charge is 0.155 e. The molecule has 16 atom stereocenters. The fourth-order valence-corrected chi connectivity index (χ4v) is 18.0. The van der Waals surface area contributed by atoms with E-state index in [-0.39, 0.29) is 0 Å². The fourth-order valence-electron chi connectivity index (χ4n) is 18.0. The first kappa shape index (κ1) is 46.5. The van der Waals surface area contributed by atoms with Crippen molar-refractivity contribution in [2.45, 2.75) is 212 Å². The predicted octanol–water partition coefficient (Wildman–Crippen LogP) is 16.2. The number of allylic oxidation sites excluding steroid dienone is 4. The second-order valence-corrected chi connectivity index (χ2v) is 24.9. The average Bonchev–Trinajstić information content (AvgIpc) is 3.75. The van der Waals surface area contributed by atoms with E-state index in [0.29, 0.717) is 39.1 Å².